The molecule has 92 valence electrons. The number of nitriles is 1. The molecule has 0 aliphatic heterocycles. The van der Waals surface area contributed by atoms with Gasteiger partial charge in [0.2, 0.25) is 0 Å². The van der Waals surface area contributed by atoms with Crippen LogP contribution in [0, 0.1) is 11.3 Å². The quantitative estimate of drug-likeness (QED) is 0.824. The Balaban J connectivity index is 2.83. The fraction of sp³-hybridized carbons (Fsp3) is 0.364. The molecule has 0 saturated heterocycles. The van der Waals surface area contributed by atoms with Gasteiger partial charge in [0.25, 0.3) is 10.2 Å². The largest absolute Gasteiger partial charge is 0.278 e. The second-order valence-electron chi connectivity index (χ2n) is 3.87. The molecular formula is C11H15N3O2S. The van der Waals surface area contributed by atoms with Gasteiger partial charge in [0.1, 0.15) is 6.04 Å². The van der Waals surface area contributed by atoms with Crippen LogP contribution in [-0.2, 0) is 10.2 Å². The van der Waals surface area contributed by atoms with E-state index < -0.39 is 16.3 Å². The minimum Gasteiger partial charge on any atom is -0.200 e. The van der Waals surface area contributed by atoms with E-state index in [1.54, 1.807) is 44.2 Å². The van der Waals surface area contributed by atoms with Gasteiger partial charge in [0.15, 0.2) is 0 Å². The van der Waals surface area contributed by atoms with Gasteiger partial charge in [-0.15, -0.1) is 0 Å². The van der Waals surface area contributed by atoms with Crippen molar-refractivity contribution in [1.29, 1.82) is 5.26 Å². The van der Waals surface area contributed by atoms with Gasteiger partial charge in [-0.05, 0) is 19.4 Å². The van der Waals surface area contributed by atoms with Gasteiger partial charge in [-0.3, -0.25) is 0 Å². The van der Waals surface area contributed by atoms with Crippen LogP contribution in [0.15, 0.2) is 30.3 Å². The first kappa shape index (κ1) is 13.6. The predicted molar refractivity (Wildman–Crippen MR) is 65.1 cm³/mol. The fourth-order valence-electron chi connectivity index (χ4n) is 1.31. The van der Waals surface area contributed by atoms with Gasteiger partial charge in [0, 0.05) is 6.04 Å². The summed E-state index contributed by atoms with van der Waals surface area (Å²) in [5.74, 6) is 0. The maximum Gasteiger partial charge on any atom is 0.278 e. The van der Waals surface area contributed by atoms with E-state index in [1.165, 1.54) is 0 Å². The van der Waals surface area contributed by atoms with Crippen LogP contribution in [0.25, 0.3) is 0 Å². The van der Waals surface area contributed by atoms with E-state index in [0.717, 1.165) is 0 Å². The van der Waals surface area contributed by atoms with E-state index >= 15 is 0 Å². The van der Waals surface area contributed by atoms with Crippen molar-refractivity contribution < 1.29 is 8.42 Å². The lowest BCUT2D eigenvalue weighted by Crippen LogP contribution is -2.41. The molecule has 0 aliphatic rings. The molecule has 0 spiro atoms. The Labute approximate surface area is 102 Å². The second-order valence-corrected chi connectivity index (χ2v) is 5.34. The molecule has 1 aromatic rings. The molecule has 1 unspecified atom stereocenters. The van der Waals surface area contributed by atoms with Crippen molar-refractivity contribution in [1.82, 2.24) is 9.44 Å². The Morgan fingerprint density at radius 3 is 2.24 bits per heavy atom. The summed E-state index contributed by atoms with van der Waals surface area (Å²) in [7, 11) is -3.66. The molecule has 0 radical (unpaired) electrons. The number of hydrogen-bond donors (Lipinski definition) is 2. The average molecular weight is 253 g/mol. The Bertz CT molecular complexity index is 491. The van der Waals surface area contributed by atoms with Crippen LogP contribution in [-0.4, -0.2) is 14.5 Å². The molecule has 17 heavy (non-hydrogen) atoms. The molecule has 0 aliphatic carbocycles. The fourth-order valence-corrected chi connectivity index (χ4v) is 2.50. The SMILES string of the molecule is CC(C)NS(=O)(=O)NC(C#N)c1ccccc1. The van der Waals surface area contributed by atoms with Gasteiger partial charge < -0.3 is 0 Å². The summed E-state index contributed by atoms with van der Waals surface area (Å²) in [4.78, 5) is 0. The number of nitrogens with zero attached hydrogens (tertiary/aromatic N) is 1. The third-order valence-corrected chi connectivity index (χ3v) is 3.25. The van der Waals surface area contributed by atoms with Crippen LogP contribution in [0.2, 0.25) is 0 Å². The average Bonchev–Trinajstić information content (AvgIpc) is 2.25. The van der Waals surface area contributed by atoms with Crippen molar-refractivity contribution in [3.8, 4) is 6.07 Å². The summed E-state index contributed by atoms with van der Waals surface area (Å²) in [6.07, 6.45) is 0. The maximum atomic E-state index is 11.6. The molecule has 0 heterocycles. The molecule has 6 heteroatoms. The number of nitrogens with one attached hydrogen (secondary N) is 2. The van der Waals surface area contributed by atoms with Crippen molar-refractivity contribution >= 4 is 10.2 Å². The van der Waals surface area contributed by atoms with Crippen LogP contribution >= 0.6 is 0 Å². The molecule has 5 nitrogen and oxygen atoms in total. The highest BCUT2D eigenvalue weighted by molar-refractivity contribution is 7.87. The monoisotopic (exact) mass is 253 g/mol. The lowest BCUT2D eigenvalue weighted by molar-refractivity contribution is 0.549. The predicted octanol–water partition coefficient (Wildman–Crippen LogP) is 1.08. The van der Waals surface area contributed by atoms with Crippen LogP contribution in [0.4, 0.5) is 0 Å². The van der Waals surface area contributed by atoms with E-state index in [9.17, 15) is 8.42 Å². The minimum absolute atomic E-state index is 0.220. The normalized spacial score (nSPS) is 13.3. The second kappa shape index (κ2) is 5.77. The summed E-state index contributed by atoms with van der Waals surface area (Å²) >= 11 is 0. The third kappa shape index (κ3) is 4.53. The van der Waals surface area contributed by atoms with Gasteiger partial charge >= 0.3 is 0 Å². The van der Waals surface area contributed by atoms with Crippen molar-refractivity contribution in [3.05, 3.63) is 35.9 Å². The number of hydrogen-bond acceptors (Lipinski definition) is 3. The summed E-state index contributed by atoms with van der Waals surface area (Å²) in [6.45, 7) is 3.42. The lowest BCUT2D eigenvalue weighted by Gasteiger charge is -2.14. The van der Waals surface area contributed by atoms with E-state index in [-0.39, 0.29) is 6.04 Å². The Morgan fingerprint density at radius 2 is 1.76 bits per heavy atom. The van der Waals surface area contributed by atoms with Crippen molar-refractivity contribution in [2.24, 2.45) is 0 Å². The summed E-state index contributed by atoms with van der Waals surface area (Å²) in [5, 5.41) is 8.97. The Kier molecular flexibility index (Phi) is 4.63. The first-order chi connectivity index (χ1) is 7.94. The summed E-state index contributed by atoms with van der Waals surface area (Å²) in [5.41, 5.74) is 0.615. The Hall–Kier alpha value is -1.42. The molecular weight excluding hydrogens is 238 g/mol. The van der Waals surface area contributed by atoms with Gasteiger partial charge in [-0.1, -0.05) is 30.3 Å². The highest BCUT2D eigenvalue weighted by Gasteiger charge is 2.19. The topological polar surface area (TPSA) is 82.0 Å². The lowest BCUT2D eigenvalue weighted by atomic mass is 10.1. The molecule has 1 aromatic carbocycles. The van der Waals surface area contributed by atoms with Gasteiger partial charge in [-0.2, -0.15) is 23.1 Å². The van der Waals surface area contributed by atoms with E-state index in [4.69, 9.17) is 5.26 Å². The van der Waals surface area contributed by atoms with Gasteiger partial charge in [-0.25, -0.2) is 0 Å². The highest BCUT2D eigenvalue weighted by Crippen LogP contribution is 2.11. The minimum atomic E-state index is -3.66. The van der Waals surface area contributed by atoms with Crippen LogP contribution in [0.5, 0.6) is 0 Å². The van der Waals surface area contributed by atoms with Crippen molar-refractivity contribution in [3.63, 3.8) is 0 Å². The molecule has 1 atom stereocenters. The molecule has 0 aromatic heterocycles. The maximum absolute atomic E-state index is 11.6. The van der Waals surface area contributed by atoms with Crippen LogP contribution in [0.3, 0.4) is 0 Å². The van der Waals surface area contributed by atoms with Crippen molar-refractivity contribution in [2.45, 2.75) is 25.9 Å². The number of rotatable bonds is 5. The molecule has 0 saturated carbocycles. The van der Waals surface area contributed by atoms with Crippen LogP contribution in [0.1, 0.15) is 25.5 Å². The zero-order valence-electron chi connectivity index (χ0n) is 9.71. The van der Waals surface area contributed by atoms with E-state index in [1.807, 2.05) is 6.07 Å². The first-order valence-electron chi connectivity index (χ1n) is 5.19. The van der Waals surface area contributed by atoms with E-state index in [0.29, 0.717) is 5.56 Å². The van der Waals surface area contributed by atoms with E-state index in [2.05, 4.69) is 9.44 Å². The molecule has 0 amide bonds. The number of benzene rings is 1. The molecule has 0 bridgehead atoms. The highest BCUT2D eigenvalue weighted by atomic mass is 32.2. The van der Waals surface area contributed by atoms with Crippen molar-refractivity contribution in [2.75, 3.05) is 0 Å². The zero-order chi connectivity index (χ0) is 12.9. The molecule has 1 rings (SSSR count). The Morgan fingerprint density at radius 1 is 1.18 bits per heavy atom. The third-order valence-electron chi connectivity index (χ3n) is 1.93. The van der Waals surface area contributed by atoms with Crippen LogP contribution < -0.4 is 9.44 Å². The molecule has 2 N–H and O–H groups in total. The smallest absolute Gasteiger partial charge is 0.200 e. The summed E-state index contributed by atoms with van der Waals surface area (Å²) < 4.78 is 27.9. The first-order valence-corrected chi connectivity index (χ1v) is 6.67. The molecule has 0 fully saturated rings. The van der Waals surface area contributed by atoms with Gasteiger partial charge in [0.05, 0.1) is 6.07 Å². The standard InChI is InChI=1S/C11H15N3O2S/c1-9(2)13-17(15,16)14-11(8-12)10-6-4-3-5-7-10/h3-7,9,11,13-14H,1-2H3. The summed E-state index contributed by atoms with van der Waals surface area (Å²) in [6, 6.07) is 9.53. The zero-order valence-corrected chi connectivity index (χ0v) is 10.5.